The van der Waals surface area contributed by atoms with E-state index in [0.29, 0.717) is 26.2 Å². The van der Waals surface area contributed by atoms with Crippen molar-refractivity contribution in [2.45, 2.75) is 13.1 Å². The molecule has 0 unspecified atom stereocenters. The molecule has 10 heteroatoms. The number of carbonyl (C=O) groups is 1. The molecule has 0 spiro atoms. The van der Waals surface area contributed by atoms with Crippen LogP contribution < -0.4 is 4.90 Å². The average Bonchev–Trinajstić information content (AvgIpc) is 3.15. The van der Waals surface area contributed by atoms with Gasteiger partial charge in [0.1, 0.15) is 5.82 Å². The number of hydrogen-bond donors (Lipinski definition) is 0. The Morgan fingerprint density at radius 3 is 2.34 bits per heavy atom. The van der Waals surface area contributed by atoms with E-state index >= 15 is 0 Å². The van der Waals surface area contributed by atoms with E-state index in [1.807, 2.05) is 0 Å². The van der Waals surface area contributed by atoms with Crippen LogP contribution in [0.4, 0.5) is 10.6 Å². The fraction of sp³-hybridized carbons (Fsp3) is 0.105. The number of fused-ring (bicyclic) bond motifs is 1. The van der Waals surface area contributed by atoms with E-state index in [1.165, 1.54) is 11.1 Å². The quantitative estimate of drug-likeness (QED) is 0.527. The van der Waals surface area contributed by atoms with Crippen LogP contribution in [-0.2, 0) is 23.3 Å². The van der Waals surface area contributed by atoms with Crippen LogP contribution in [0.3, 0.4) is 0 Å². The maximum Gasteiger partial charge on any atom is 0.341 e. The van der Waals surface area contributed by atoms with E-state index < -0.39 is 16.2 Å². The van der Waals surface area contributed by atoms with E-state index in [-0.39, 0.29) is 18.9 Å². The second kappa shape index (κ2) is 7.57. The molecule has 2 aromatic carbocycles. The summed E-state index contributed by atoms with van der Waals surface area (Å²) in [4.78, 5) is 14.6. The molecule has 3 aromatic rings. The van der Waals surface area contributed by atoms with Gasteiger partial charge in [-0.3, -0.25) is 4.90 Å². The van der Waals surface area contributed by atoms with Gasteiger partial charge in [-0.15, -0.1) is 0 Å². The van der Waals surface area contributed by atoms with Gasteiger partial charge >= 0.3 is 16.2 Å². The van der Waals surface area contributed by atoms with Crippen molar-refractivity contribution in [3.05, 3.63) is 87.0 Å². The van der Waals surface area contributed by atoms with Gasteiger partial charge in [-0.05, 0) is 47.5 Å². The summed E-state index contributed by atoms with van der Waals surface area (Å²) in [5, 5.41) is 1.31. The summed E-state index contributed by atoms with van der Waals surface area (Å²) in [7, 11) is -4.08. The minimum Gasteiger partial charge on any atom is -0.273 e. The zero-order valence-corrected chi connectivity index (χ0v) is 17.9. The van der Waals surface area contributed by atoms with Gasteiger partial charge in [-0.2, -0.15) is 12.7 Å². The Kier molecular flexibility index (Phi) is 5.25. The zero-order valence-electron chi connectivity index (χ0n) is 14.8. The number of nitrogens with zero attached hydrogens (tertiary/aromatic N) is 3. The summed E-state index contributed by atoms with van der Waals surface area (Å²) in [6.07, 6.45) is 1.40. The van der Waals surface area contributed by atoms with E-state index in [4.69, 9.17) is 34.8 Å². The Bertz CT molecular complexity index is 1210. The van der Waals surface area contributed by atoms with Gasteiger partial charge in [-0.25, -0.2) is 8.77 Å². The molecule has 2 heterocycles. The van der Waals surface area contributed by atoms with Crippen LogP contribution in [0.25, 0.3) is 0 Å². The lowest BCUT2D eigenvalue weighted by atomic mass is 10.2. The highest BCUT2D eigenvalue weighted by molar-refractivity contribution is 7.88. The van der Waals surface area contributed by atoms with Gasteiger partial charge < -0.3 is 0 Å². The number of urea groups is 1. The second-order valence-electron chi connectivity index (χ2n) is 6.41. The fourth-order valence-corrected chi connectivity index (χ4v) is 5.24. The smallest absolute Gasteiger partial charge is 0.273 e. The van der Waals surface area contributed by atoms with Gasteiger partial charge in [0.15, 0.2) is 0 Å². The standard InChI is InChI=1S/C19H14Cl3N3O3S/c20-15-4-1-3-13(9-15)11-25-19(26)23(12-14-6-7-16(21)10-17(14)22)18-5-2-8-24(18)29(25,27)28/h1-10H,11-12H2. The first-order valence-electron chi connectivity index (χ1n) is 8.48. The third-order valence-electron chi connectivity index (χ3n) is 4.50. The maximum atomic E-state index is 13.2. The summed E-state index contributed by atoms with van der Waals surface area (Å²) in [5.74, 6) is 0.239. The highest BCUT2D eigenvalue weighted by Gasteiger charge is 2.41. The van der Waals surface area contributed by atoms with Crippen molar-refractivity contribution in [2.75, 3.05) is 4.90 Å². The Morgan fingerprint density at radius 1 is 0.862 bits per heavy atom. The van der Waals surface area contributed by atoms with Crippen molar-refractivity contribution >= 4 is 56.9 Å². The van der Waals surface area contributed by atoms with Gasteiger partial charge in [-0.1, -0.05) is 53.0 Å². The van der Waals surface area contributed by atoms with Crippen molar-refractivity contribution in [3.8, 4) is 0 Å². The van der Waals surface area contributed by atoms with Crippen molar-refractivity contribution in [1.29, 1.82) is 0 Å². The molecular formula is C19H14Cl3N3O3S. The van der Waals surface area contributed by atoms with E-state index in [1.54, 1.807) is 54.6 Å². The lowest BCUT2D eigenvalue weighted by Gasteiger charge is -2.36. The van der Waals surface area contributed by atoms with Crippen molar-refractivity contribution in [1.82, 2.24) is 8.28 Å². The van der Waals surface area contributed by atoms with E-state index in [0.717, 1.165) is 8.28 Å². The molecule has 0 saturated carbocycles. The topological polar surface area (TPSA) is 62.6 Å². The summed E-state index contributed by atoms with van der Waals surface area (Å²) < 4.78 is 28.0. The number of amides is 2. The molecule has 0 bridgehead atoms. The van der Waals surface area contributed by atoms with Crippen molar-refractivity contribution < 1.29 is 13.2 Å². The van der Waals surface area contributed by atoms with Crippen LogP contribution in [0.1, 0.15) is 11.1 Å². The van der Waals surface area contributed by atoms with Crippen LogP contribution >= 0.6 is 34.8 Å². The normalized spacial score (nSPS) is 15.5. The summed E-state index contributed by atoms with van der Waals surface area (Å²) in [6, 6.07) is 14.1. The first-order valence-corrected chi connectivity index (χ1v) is 11.0. The Morgan fingerprint density at radius 2 is 1.62 bits per heavy atom. The predicted molar refractivity (Wildman–Crippen MR) is 114 cm³/mol. The van der Waals surface area contributed by atoms with E-state index in [2.05, 4.69) is 0 Å². The summed E-state index contributed by atoms with van der Waals surface area (Å²) >= 11 is 18.2. The molecule has 150 valence electrons. The Hall–Kier alpha value is -2.19. The summed E-state index contributed by atoms with van der Waals surface area (Å²) in [6.45, 7) is -0.0649. The molecule has 1 aliphatic heterocycles. The molecule has 0 atom stereocenters. The number of halogens is 3. The summed E-state index contributed by atoms with van der Waals surface area (Å²) in [5.41, 5.74) is 1.23. The predicted octanol–water partition coefficient (Wildman–Crippen LogP) is 5.18. The van der Waals surface area contributed by atoms with Gasteiger partial charge in [0.25, 0.3) is 0 Å². The monoisotopic (exact) mass is 469 g/mol. The third kappa shape index (κ3) is 3.71. The van der Waals surface area contributed by atoms with Gasteiger partial charge in [0.05, 0.1) is 13.1 Å². The third-order valence-corrected chi connectivity index (χ3v) is 6.97. The van der Waals surface area contributed by atoms with Crippen LogP contribution in [0.5, 0.6) is 0 Å². The number of rotatable bonds is 4. The second-order valence-corrected chi connectivity index (χ2v) is 9.42. The largest absolute Gasteiger partial charge is 0.341 e. The number of hydrogen-bond acceptors (Lipinski definition) is 3. The highest BCUT2D eigenvalue weighted by Crippen LogP contribution is 2.32. The molecular weight excluding hydrogens is 457 g/mol. The van der Waals surface area contributed by atoms with Crippen LogP contribution in [0.15, 0.2) is 60.8 Å². The minimum absolute atomic E-state index is 0.0837. The minimum atomic E-state index is -4.08. The number of anilines is 1. The van der Waals surface area contributed by atoms with Crippen molar-refractivity contribution in [3.63, 3.8) is 0 Å². The Balaban J connectivity index is 1.75. The fourth-order valence-electron chi connectivity index (χ4n) is 3.12. The van der Waals surface area contributed by atoms with Crippen molar-refractivity contribution in [2.24, 2.45) is 0 Å². The molecule has 6 nitrogen and oxygen atoms in total. The van der Waals surface area contributed by atoms with E-state index in [9.17, 15) is 13.2 Å². The highest BCUT2D eigenvalue weighted by atomic mass is 35.5. The van der Waals surface area contributed by atoms with Crippen LogP contribution in [0.2, 0.25) is 15.1 Å². The molecule has 1 aromatic heterocycles. The van der Waals surface area contributed by atoms with Crippen LogP contribution in [-0.4, -0.2) is 22.7 Å². The first-order chi connectivity index (χ1) is 13.8. The molecule has 0 N–H and O–H groups in total. The molecule has 1 aliphatic rings. The van der Waals surface area contributed by atoms with Gasteiger partial charge in [0, 0.05) is 21.3 Å². The SMILES string of the molecule is O=C1N(Cc2ccc(Cl)cc2Cl)c2cccn2S(=O)(=O)N1Cc1cccc(Cl)c1. The average molecular weight is 471 g/mol. The molecule has 0 fully saturated rings. The maximum absolute atomic E-state index is 13.2. The lowest BCUT2D eigenvalue weighted by Crippen LogP contribution is -2.52. The Labute approximate surface area is 183 Å². The molecule has 0 aliphatic carbocycles. The van der Waals surface area contributed by atoms with Gasteiger partial charge in [0.2, 0.25) is 0 Å². The molecule has 4 rings (SSSR count). The lowest BCUT2D eigenvalue weighted by molar-refractivity contribution is 0.225. The zero-order chi connectivity index (χ0) is 20.8. The van der Waals surface area contributed by atoms with Crippen LogP contribution in [0, 0.1) is 0 Å². The number of aromatic nitrogens is 1. The molecule has 2 amide bonds. The molecule has 29 heavy (non-hydrogen) atoms. The number of carbonyl (C=O) groups excluding carboxylic acids is 1. The molecule has 0 radical (unpaired) electrons. The molecule has 0 saturated heterocycles. The first kappa shape index (κ1) is 20.1. The number of benzene rings is 2.